The van der Waals surface area contributed by atoms with Crippen molar-refractivity contribution in [2.24, 2.45) is 0 Å². The van der Waals surface area contributed by atoms with Crippen molar-refractivity contribution in [1.29, 1.82) is 5.26 Å². The minimum atomic E-state index is -0.254. The van der Waals surface area contributed by atoms with E-state index in [1.165, 1.54) is 0 Å². The van der Waals surface area contributed by atoms with E-state index in [-0.39, 0.29) is 6.61 Å². The Morgan fingerprint density at radius 2 is 2.30 bits per heavy atom. The smallest absolute Gasteiger partial charge is 0.107 e. The molecule has 0 amide bonds. The summed E-state index contributed by atoms with van der Waals surface area (Å²) in [4.78, 5) is 0. The molecule has 1 aromatic carbocycles. The second-order valence-electron chi connectivity index (χ2n) is 1.96. The molecule has 0 bridgehead atoms. The van der Waals surface area contributed by atoms with Gasteiger partial charge in [-0.25, -0.2) is 5.11 Å². The van der Waals surface area contributed by atoms with E-state index in [0.29, 0.717) is 11.1 Å². The molecule has 0 spiro atoms. The Morgan fingerprint density at radius 1 is 1.50 bits per heavy atom. The highest BCUT2D eigenvalue weighted by Gasteiger charge is 1.91. The lowest BCUT2D eigenvalue weighted by atomic mass is 10.1. The van der Waals surface area contributed by atoms with Crippen molar-refractivity contribution in [2.75, 3.05) is 0 Å². The van der Waals surface area contributed by atoms with E-state index in [4.69, 9.17) is 5.26 Å². The fourth-order valence-electron chi connectivity index (χ4n) is 0.731. The van der Waals surface area contributed by atoms with Gasteiger partial charge in [0, 0.05) is 0 Å². The first kappa shape index (κ1) is 6.79. The molecule has 0 atom stereocenters. The van der Waals surface area contributed by atoms with Gasteiger partial charge >= 0.3 is 0 Å². The molecule has 10 heavy (non-hydrogen) atoms. The summed E-state index contributed by atoms with van der Waals surface area (Å²) in [7, 11) is 0. The molecule has 0 saturated heterocycles. The van der Waals surface area contributed by atoms with Crippen molar-refractivity contribution in [3.8, 4) is 6.07 Å². The fraction of sp³-hybridized carbons (Fsp3) is 0.125. The van der Waals surface area contributed by atoms with Crippen LogP contribution < -0.4 is 0 Å². The van der Waals surface area contributed by atoms with E-state index in [2.05, 4.69) is 0 Å². The fourth-order valence-corrected chi connectivity index (χ4v) is 0.731. The number of hydrogen-bond donors (Lipinski definition) is 0. The Kier molecular flexibility index (Phi) is 2.03. The SMILES string of the molecule is N#Cc1cccc(C[O])c1. The van der Waals surface area contributed by atoms with Crippen LogP contribution in [0.1, 0.15) is 11.1 Å². The van der Waals surface area contributed by atoms with E-state index >= 15 is 0 Å². The summed E-state index contributed by atoms with van der Waals surface area (Å²) >= 11 is 0. The van der Waals surface area contributed by atoms with Gasteiger partial charge in [-0.3, -0.25) is 0 Å². The molecule has 0 aromatic heterocycles. The van der Waals surface area contributed by atoms with E-state index in [1.807, 2.05) is 6.07 Å². The highest BCUT2D eigenvalue weighted by Crippen LogP contribution is 2.02. The monoisotopic (exact) mass is 132 g/mol. The molecule has 0 aliphatic rings. The highest BCUT2D eigenvalue weighted by atomic mass is 16.3. The first-order valence-corrected chi connectivity index (χ1v) is 2.94. The van der Waals surface area contributed by atoms with Gasteiger partial charge in [0.1, 0.15) is 6.61 Å². The second kappa shape index (κ2) is 3.00. The van der Waals surface area contributed by atoms with E-state index in [1.54, 1.807) is 24.3 Å². The number of nitrogens with zero attached hydrogens (tertiary/aromatic N) is 1. The van der Waals surface area contributed by atoms with Crippen LogP contribution in [-0.4, -0.2) is 0 Å². The van der Waals surface area contributed by atoms with Crippen LogP contribution in [0.3, 0.4) is 0 Å². The standard InChI is InChI=1S/C8H6NO/c9-5-7-2-1-3-8(4-7)6-10/h1-4H,6H2. The zero-order chi connectivity index (χ0) is 7.40. The van der Waals surface area contributed by atoms with Gasteiger partial charge < -0.3 is 0 Å². The summed E-state index contributed by atoms with van der Waals surface area (Å²) in [5, 5.41) is 18.7. The van der Waals surface area contributed by atoms with Gasteiger partial charge in [0.2, 0.25) is 0 Å². The molecule has 1 rings (SSSR count). The summed E-state index contributed by atoms with van der Waals surface area (Å²) in [5.41, 5.74) is 1.22. The molecule has 0 aliphatic heterocycles. The van der Waals surface area contributed by atoms with Crippen LogP contribution in [0.5, 0.6) is 0 Å². The van der Waals surface area contributed by atoms with E-state index < -0.39 is 0 Å². The van der Waals surface area contributed by atoms with Crippen LogP contribution >= 0.6 is 0 Å². The van der Waals surface area contributed by atoms with E-state index in [0.717, 1.165) is 0 Å². The van der Waals surface area contributed by atoms with Crippen molar-refractivity contribution in [3.05, 3.63) is 35.4 Å². The third-order valence-corrected chi connectivity index (χ3v) is 1.22. The summed E-state index contributed by atoms with van der Waals surface area (Å²) in [6.07, 6.45) is 0. The van der Waals surface area contributed by atoms with Crippen LogP contribution in [0.2, 0.25) is 0 Å². The van der Waals surface area contributed by atoms with Crippen LogP contribution in [0.25, 0.3) is 0 Å². The molecular weight excluding hydrogens is 126 g/mol. The minimum absolute atomic E-state index is 0.254. The summed E-state index contributed by atoms with van der Waals surface area (Å²) in [6, 6.07) is 8.68. The predicted octanol–water partition coefficient (Wildman–Crippen LogP) is 1.49. The van der Waals surface area contributed by atoms with Crippen molar-refractivity contribution in [3.63, 3.8) is 0 Å². The molecule has 49 valence electrons. The zero-order valence-electron chi connectivity index (χ0n) is 5.37. The number of rotatable bonds is 1. The van der Waals surface area contributed by atoms with Gasteiger partial charge in [-0.2, -0.15) is 5.26 Å². The van der Waals surface area contributed by atoms with Gasteiger partial charge in [-0.15, -0.1) is 0 Å². The number of nitriles is 1. The molecule has 2 heteroatoms. The van der Waals surface area contributed by atoms with Crippen molar-refractivity contribution in [2.45, 2.75) is 6.61 Å². The largest absolute Gasteiger partial charge is 0.232 e. The maximum Gasteiger partial charge on any atom is 0.107 e. The molecule has 0 N–H and O–H groups in total. The molecule has 2 nitrogen and oxygen atoms in total. The molecule has 0 heterocycles. The van der Waals surface area contributed by atoms with Crippen LogP contribution in [0.4, 0.5) is 0 Å². The first-order chi connectivity index (χ1) is 4.86. The summed E-state index contributed by atoms with van der Waals surface area (Å²) < 4.78 is 0. The van der Waals surface area contributed by atoms with Gasteiger partial charge in [-0.1, -0.05) is 12.1 Å². The Balaban J connectivity index is 3.01. The Hall–Kier alpha value is -1.33. The zero-order valence-corrected chi connectivity index (χ0v) is 5.37. The average Bonchev–Trinajstić information content (AvgIpc) is 2.05. The first-order valence-electron chi connectivity index (χ1n) is 2.94. The molecule has 1 radical (unpaired) electrons. The minimum Gasteiger partial charge on any atom is -0.232 e. The number of benzene rings is 1. The van der Waals surface area contributed by atoms with Crippen LogP contribution in [0.15, 0.2) is 24.3 Å². The molecular formula is C8H6NO. The van der Waals surface area contributed by atoms with Crippen molar-refractivity contribution in [1.82, 2.24) is 0 Å². The Morgan fingerprint density at radius 3 is 2.90 bits per heavy atom. The van der Waals surface area contributed by atoms with Gasteiger partial charge in [0.15, 0.2) is 0 Å². The highest BCUT2D eigenvalue weighted by molar-refractivity contribution is 5.32. The van der Waals surface area contributed by atoms with Gasteiger partial charge in [-0.05, 0) is 17.7 Å². The average molecular weight is 132 g/mol. The van der Waals surface area contributed by atoms with E-state index in [9.17, 15) is 5.11 Å². The maximum absolute atomic E-state index is 10.3. The lowest BCUT2D eigenvalue weighted by Gasteiger charge is -1.91. The molecule has 1 aromatic rings. The molecule has 0 unspecified atom stereocenters. The topological polar surface area (TPSA) is 43.7 Å². The third-order valence-electron chi connectivity index (χ3n) is 1.22. The van der Waals surface area contributed by atoms with Crippen LogP contribution in [0, 0.1) is 11.3 Å². The molecule has 0 saturated carbocycles. The maximum atomic E-state index is 10.3. The normalized spacial score (nSPS) is 8.80. The predicted molar refractivity (Wildman–Crippen MR) is 35.5 cm³/mol. The lowest BCUT2D eigenvalue weighted by molar-refractivity contribution is 0.177. The summed E-state index contributed by atoms with van der Waals surface area (Å²) in [5.74, 6) is 0. The molecule has 0 aliphatic carbocycles. The quantitative estimate of drug-likeness (QED) is 0.570. The summed E-state index contributed by atoms with van der Waals surface area (Å²) in [6.45, 7) is -0.254. The van der Waals surface area contributed by atoms with Gasteiger partial charge in [0.25, 0.3) is 0 Å². The van der Waals surface area contributed by atoms with Gasteiger partial charge in [0.05, 0.1) is 11.6 Å². The Labute approximate surface area is 59.3 Å². The molecule has 0 fully saturated rings. The van der Waals surface area contributed by atoms with Crippen LogP contribution in [-0.2, 0) is 11.7 Å². The second-order valence-corrected chi connectivity index (χ2v) is 1.96. The Bertz CT molecular complexity index is 262. The van der Waals surface area contributed by atoms with Crippen molar-refractivity contribution < 1.29 is 5.11 Å². The number of hydrogen-bond acceptors (Lipinski definition) is 1. The third kappa shape index (κ3) is 1.34. The lowest BCUT2D eigenvalue weighted by Crippen LogP contribution is -1.81. The van der Waals surface area contributed by atoms with Crippen molar-refractivity contribution >= 4 is 0 Å².